The number of nitrogens with zero attached hydrogens (tertiary/aromatic N) is 1. The first-order valence-electron chi connectivity index (χ1n) is 6.91. The monoisotopic (exact) mass is 257 g/mol. The van der Waals surface area contributed by atoms with E-state index >= 15 is 0 Å². The highest BCUT2D eigenvalue weighted by Gasteiger charge is 2.42. The van der Waals surface area contributed by atoms with Crippen LogP contribution >= 0.6 is 0 Å². The fourth-order valence-corrected chi connectivity index (χ4v) is 2.88. The number of hydrogen-bond donors (Lipinski definition) is 1. The Bertz CT molecular complexity index is 474. The molecule has 0 amide bonds. The van der Waals surface area contributed by atoms with Gasteiger partial charge < -0.3 is 5.11 Å². The first kappa shape index (κ1) is 14.1. The number of aliphatic hydroxyl groups is 1. The van der Waals surface area contributed by atoms with Crippen LogP contribution in [-0.2, 0) is 5.60 Å². The molecule has 0 radical (unpaired) electrons. The fraction of sp³-hybridized carbons (Fsp3) is 0.529. The van der Waals surface area contributed by atoms with Crippen molar-refractivity contribution in [2.45, 2.75) is 38.3 Å². The van der Waals surface area contributed by atoms with Gasteiger partial charge in [0, 0.05) is 19.0 Å². The van der Waals surface area contributed by atoms with Gasteiger partial charge >= 0.3 is 0 Å². The summed E-state index contributed by atoms with van der Waals surface area (Å²) in [7, 11) is 0. The van der Waals surface area contributed by atoms with Gasteiger partial charge in [-0.25, -0.2) is 0 Å². The summed E-state index contributed by atoms with van der Waals surface area (Å²) in [5.74, 6) is 3.01. The molecule has 1 saturated heterocycles. The topological polar surface area (TPSA) is 23.5 Å². The first-order chi connectivity index (χ1) is 8.90. The van der Waals surface area contributed by atoms with Crippen molar-refractivity contribution >= 4 is 0 Å². The van der Waals surface area contributed by atoms with Crippen molar-refractivity contribution in [3.05, 3.63) is 35.9 Å². The molecule has 2 heteroatoms. The third-order valence-electron chi connectivity index (χ3n) is 4.49. The van der Waals surface area contributed by atoms with Gasteiger partial charge in [0.05, 0.1) is 11.1 Å². The normalized spacial score (nSPS) is 28.9. The van der Waals surface area contributed by atoms with Crippen molar-refractivity contribution in [1.29, 1.82) is 0 Å². The van der Waals surface area contributed by atoms with E-state index in [9.17, 15) is 5.11 Å². The Labute approximate surface area is 116 Å². The molecule has 0 aromatic heterocycles. The minimum atomic E-state index is -0.734. The Morgan fingerprint density at radius 2 is 2.00 bits per heavy atom. The Kier molecular flexibility index (Phi) is 3.71. The Morgan fingerprint density at radius 1 is 1.37 bits per heavy atom. The van der Waals surface area contributed by atoms with Gasteiger partial charge in [0.2, 0.25) is 0 Å². The predicted octanol–water partition coefficient (Wildman–Crippen LogP) is 2.63. The lowest BCUT2D eigenvalue weighted by atomic mass is 9.76. The largest absolute Gasteiger partial charge is 0.385 e. The van der Waals surface area contributed by atoms with Crippen LogP contribution in [-0.4, -0.2) is 28.6 Å². The molecule has 1 aliphatic heterocycles. The van der Waals surface area contributed by atoms with Crippen molar-refractivity contribution in [2.75, 3.05) is 13.1 Å². The molecule has 1 heterocycles. The standard InChI is InChI=1S/C17H23NO/c1-5-16(3,4)18-12-11-17(19,14(2)13-18)15-9-7-6-8-10-15/h1,6-10,14,19H,11-13H2,2-4H3. The van der Waals surface area contributed by atoms with E-state index in [4.69, 9.17) is 6.42 Å². The van der Waals surface area contributed by atoms with Gasteiger partial charge in [-0.2, -0.15) is 0 Å². The number of piperidine rings is 1. The lowest BCUT2D eigenvalue weighted by Crippen LogP contribution is -2.55. The van der Waals surface area contributed by atoms with Gasteiger partial charge in [-0.1, -0.05) is 43.2 Å². The highest BCUT2D eigenvalue weighted by molar-refractivity contribution is 5.24. The van der Waals surface area contributed by atoms with Crippen LogP contribution in [0.4, 0.5) is 0 Å². The molecular formula is C17H23NO. The Balaban J connectivity index is 2.20. The van der Waals surface area contributed by atoms with Gasteiger partial charge in [0.1, 0.15) is 0 Å². The van der Waals surface area contributed by atoms with E-state index in [2.05, 4.69) is 31.6 Å². The van der Waals surface area contributed by atoms with Gasteiger partial charge in [0.15, 0.2) is 0 Å². The second-order valence-corrected chi connectivity index (χ2v) is 6.09. The van der Waals surface area contributed by atoms with Crippen molar-refractivity contribution in [1.82, 2.24) is 4.90 Å². The van der Waals surface area contributed by atoms with Crippen LogP contribution in [0.5, 0.6) is 0 Å². The van der Waals surface area contributed by atoms with Gasteiger partial charge in [-0.3, -0.25) is 4.90 Å². The molecule has 19 heavy (non-hydrogen) atoms. The smallest absolute Gasteiger partial charge is 0.0946 e. The molecule has 1 N–H and O–H groups in total. The third-order valence-corrected chi connectivity index (χ3v) is 4.49. The molecular weight excluding hydrogens is 234 g/mol. The minimum absolute atomic E-state index is 0.163. The maximum atomic E-state index is 11.0. The fourth-order valence-electron chi connectivity index (χ4n) is 2.88. The first-order valence-corrected chi connectivity index (χ1v) is 6.91. The molecule has 0 aliphatic carbocycles. The molecule has 2 rings (SSSR count). The number of rotatable bonds is 2. The van der Waals surface area contributed by atoms with E-state index in [1.54, 1.807) is 0 Å². The molecule has 0 saturated carbocycles. The van der Waals surface area contributed by atoms with Crippen LogP contribution in [0, 0.1) is 18.3 Å². The summed E-state index contributed by atoms with van der Waals surface area (Å²) in [6, 6.07) is 9.97. The summed E-state index contributed by atoms with van der Waals surface area (Å²) in [4.78, 5) is 2.29. The Morgan fingerprint density at radius 3 is 2.53 bits per heavy atom. The van der Waals surface area contributed by atoms with Gasteiger partial charge in [-0.15, -0.1) is 6.42 Å². The summed E-state index contributed by atoms with van der Waals surface area (Å²) in [6.07, 6.45) is 6.33. The molecule has 0 bridgehead atoms. The van der Waals surface area contributed by atoms with E-state index in [1.165, 1.54) is 0 Å². The van der Waals surface area contributed by atoms with Crippen LogP contribution in [0.2, 0.25) is 0 Å². The van der Waals surface area contributed by atoms with E-state index in [1.807, 2.05) is 30.3 Å². The lowest BCUT2D eigenvalue weighted by molar-refractivity contribution is -0.0837. The maximum absolute atomic E-state index is 11.0. The van der Waals surface area contributed by atoms with E-state index in [0.717, 1.165) is 25.1 Å². The van der Waals surface area contributed by atoms with Crippen molar-refractivity contribution in [2.24, 2.45) is 5.92 Å². The van der Waals surface area contributed by atoms with E-state index in [-0.39, 0.29) is 11.5 Å². The van der Waals surface area contributed by atoms with E-state index < -0.39 is 5.60 Å². The summed E-state index contributed by atoms with van der Waals surface area (Å²) >= 11 is 0. The summed E-state index contributed by atoms with van der Waals surface area (Å²) in [5.41, 5.74) is 0.0370. The van der Waals surface area contributed by atoms with Gasteiger partial charge in [-0.05, 0) is 25.8 Å². The Hall–Kier alpha value is -1.30. The summed E-state index contributed by atoms with van der Waals surface area (Å²) in [6.45, 7) is 7.88. The third kappa shape index (κ3) is 2.54. The molecule has 0 spiro atoms. The molecule has 1 aromatic carbocycles. The SMILES string of the molecule is C#CC(C)(C)N1CCC(O)(c2ccccc2)C(C)C1. The van der Waals surface area contributed by atoms with Crippen molar-refractivity contribution < 1.29 is 5.11 Å². The summed E-state index contributed by atoms with van der Waals surface area (Å²) < 4.78 is 0. The number of terminal acetylenes is 1. The number of likely N-dealkylation sites (tertiary alicyclic amines) is 1. The predicted molar refractivity (Wildman–Crippen MR) is 78.6 cm³/mol. The molecule has 102 valence electrons. The number of hydrogen-bond acceptors (Lipinski definition) is 2. The van der Waals surface area contributed by atoms with Crippen molar-refractivity contribution in [3.8, 4) is 12.3 Å². The van der Waals surface area contributed by atoms with Gasteiger partial charge in [0.25, 0.3) is 0 Å². The molecule has 2 atom stereocenters. The zero-order chi connectivity index (χ0) is 14.1. The zero-order valence-corrected chi connectivity index (χ0v) is 12.1. The highest BCUT2D eigenvalue weighted by Crippen LogP contribution is 2.38. The van der Waals surface area contributed by atoms with Crippen molar-refractivity contribution in [3.63, 3.8) is 0 Å². The van der Waals surface area contributed by atoms with Crippen LogP contribution in [0.3, 0.4) is 0 Å². The van der Waals surface area contributed by atoms with E-state index in [0.29, 0.717) is 0 Å². The zero-order valence-electron chi connectivity index (χ0n) is 12.1. The highest BCUT2D eigenvalue weighted by atomic mass is 16.3. The summed E-state index contributed by atoms with van der Waals surface area (Å²) in [5, 5.41) is 11.0. The maximum Gasteiger partial charge on any atom is 0.0946 e. The second-order valence-electron chi connectivity index (χ2n) is 6.09. The molecule has 1 fully saturated rings. The second kappa shape index (κ2) is 5.00. The van der Waals surface area contributed by atoms with Crippen LogP contribution in [0.1, 0.15) is 32.8 Å². The average molecular weight is 257 g/mol. The quantitative estimate of drug-likeness (QED) is 0.823. The van der Waals surface area contributed by atoms with Crippen LogP contribution < -0.4 is 0 Å². The molecule has 1 aromatic rings. The molecule has 1 aliphatic rings. The number of benzene rings is 1. The van der Waals surface area contributed by atoms with Crippen LogP contribution in [0.15, 0.2) is 30.3 Å². The lowest BCUT2D eigenvalue weighted by Gasteiger charge is -2.47. The molecule has 2 unspecified atom stereocenters. The minimum Gasteiger partial charge on any atom is -0.385 e. The van der Waals surface area contributed by atoms with Crippen LogP contribution in [0.25, 0.3) is 0 Å². The average Bonchev–Trinajstić information content (AvgIpc) is 2.42. The molecule has 2 nitrogen and oxygen atoms in total.